The molecule has 3 aromatic rings. The Kier molecular flexibility index (Phi) is 6.29. The molecule has 2 aromatic carbocycles. The van der Waals surface area contributed by atoms with Gasteiger partial charge in [0.15, 0.2) is 18.2 Å². The number of nitrogens with zero attached hydrogens (tertiary/aromatic N) is 2. The predicted octanol–water partition coefficient (Wildman–Crippen LogP) is 4.21. The van der Waals surface area contributed by atoms with Crippen molar-refractivity contribution in [3.63, 3.8) is 0 Å². The Morgan fingerprint density at radius 3 is 2.46 bits per heavy atom. The molecule has 0 radical (unpaired) electrons. The average molecular weight is 399 g/mol. The molecule has 0 fully saturated rings. The van der Waals surface area contributed by atoms with E-state index in [1.54, 1.807) is 37.4 Å². The zero-order valence-corrected chi connectivity index (χ0v) is 16.2. The normalized spacial score (nSPS) is 10.2. The first-order valence-electron chi connectivity index (χ1n) is 8.48. The number of anilines is 3. The molecule has 1 amide bonds. The van der Waals surface area contributed by atoms with E-state index in [1.165, 1.54) is 0 Å². The number of nitrogens with one attached hydrogen (secondary N) is 2. The number of para-hydroxylation sites is 1. The van der Waals surface area contributed by atoms with Gasteiger partial charge in [0.25, 0.3) is 5.91 Å². The van der Waals surface area contributed by atoms with Crippen LogP contribution in [0.5, 0.6) is 11.5 Å². The lowest BCUT2D eigenvalue weighted by Crippen LogP contribution is -2.21. The summed E-state index contributed by atoms with van der Waals surface area (Å²) in [7, 11) is 1.56. The van der Waals surface area contributed by atoms with Gasteiger partial charge in [-0.15, -0.1) is 10.2 Å². The van der Waals surface area contributed by atoms with Gasteiger partial charge in [0, 0.05) is 11.1 Å². The molecular weight excluding hydrogens is 380 g/mol. The van der Waals surface area contributed by atoms with Crippen molar-refractivity contribution in [2.75, 3.05) is 24.4 Å². The maximum absolute atomic E-state index is 12.0. The number of amides is 1. The van der Waals surface area contributed by atoms with Crippen molar-refractivity contribution in [1.82, 2.24) is 10.2 Å². The van der Waals surface area contributed by atoms with E-state index in [1.807, 2.05) is 31.2 Å². The van der Waals surface area contributed by atoms with Gasteiger partial charge in [-0.05, 0) is 42.8 Å². The average Bonchev–Trinajstić information content (AvgIpc) is 2.71. The van der Waals surface area contributed by atoms with Crippen molar-refractivity contribution in [3.8, 4) is 11.5 Å². The highest BCUT2D eigenvalue weighted by Crippen LogP contribution is 2.32. The van der Waals surface area contributed by atoms with Crippen LogP contribution >= 0.6 is 11.6 Å². The van der Waals surface area contributed by atoms with E-state index in [2.05, 4.69) is 20.8 Å². The van der Waals surface area contributed by atoms with Gasteiger partial charge < -0.3 is 20.1 Å². The van der Waals surface area contributed by atoms with Crippen molar-refractivity contribution in [2.45, 2.75) is 6.92 Å². The molecule has 0 saturated carbocycles. The van der Waals surface area contributed by atoms with E-state index < -0.39 is 0 Å². The molecule has 0 saturated heterocycles. The number of carbonyl (C=O) groups is 1. The Balaban J connectivity index is 1.59. The van der Waals surface area contributed by atoms with Crippen molar-refractivity contribution in [2.24, 2.45) is 0 Å². The molecule has 0 bridgehead atoms. The second kappa shape index (κ2) is 9.05. The van der Waals surface area contributed by atoms with E-state index >= 15 is 0 Å². The molecule has 1 heterocycles. The van der Waals surface area contributed by atoms with Crippen LogP contribution in [0, 0.1) is 6.92 Å². The second-order valence-electron chi connectivity index (χ2n) is 5.88. The maximum Gasteiger partial charge on any atom is 0.263 e. The highest BCUT2D eigenvalue weighted by atomic mass is 35.5. The van der Waals surface area contributed by atoms with Gasteiger partial charge in [-0.3, -0.25) is 4.79 Å². The standard InChI is InChI=1S/C20H19ClN4O3/c1-13-10-16(17(27-2)11-15(13)21)22-18-8-9-19(25-24-18)23-20(26)12-28-14-6-4-3-5-7-14/h3-11H,12H2,1-2H3,(H,22,24)(H,23,25,26). The first kappa shape index (κ1) is 19.4. The zero-order valence-electron chi connectivity index (χ0n) is 15.4. The van der Waals surface area contributed by atoms with Crippen molar-refractivity contribution in [1.29, 1.82) is 0 Å². The molecular formula is C20H19ClN4O3. The topological polar surface area (TPSA) is 85.4 Å². The molecule has 0 aliphatic carbocycles. The second-order valence-corrected chi connectivity index (χ2v) is 6.29. The smallest absolute Gasteiger partial charge is 0.263 e. The molecule has 0 spiro atoms. The van der Waals surface area contributed by atoms with Gasteiger partial charge in [-0.25, -0.2) is 0 Å². The van der Waals surface area contributed by atoms with Crippen LogP contribution < -0.4 is 20.1 Å². The van der Waals surface area contributed by atoms with Gasteiger partial charge >= 0.3 is 0 Å². The lowest BCUT2D eigenvalue weighted by Gasteiger charge is -2.12. The van der Waals surface area contributed by atoms with Crippen molar-refractivity contribution in [3.05, 3.63) is 65.2 Å². The minimum absolute atomic E-state index is 0.118. The quantitative estimate of drug-likeness (QED) is 0.620. The Morgan fingerprint density at radius 1 is 1.07 bits per heavy atom. The van der Waals surface area contributed by atoms with E-state index in [0.717, 1.165) is 5.56 Å². The Morgan fingerprint density at radius 2 is 1.79 bits per heavy atom. The third-order valence-electron chi connectivity index (χ3n) is 3.79. The summed E-state index contributed by atoms with van der Waals surface area (Å²) < 4.78 is 10.7. The number of hydrogen-bond acceptors (Lipinski definition) is 6. The fraction of sp³-hybridized carbons (Fsp3) is 0.150. The number of aromatic nitrogens is 2. The lowest BCUT2D eigenvalue weighted by atomic mass is 10.2. The molecule has 0 unspecified atom stereocenters. The summed E-state index contributed by atoms with van der Waals surface area (Å²) in [6, 6.07) is 16.0. The predicted molar refractivity (Wildman–Crippen MR) is 109 cm³/mol. The van der Waals surface area contributed by atoms with Crippen LogP contribution in [0.4, 0.5) is 17.3 Å². The van der Waals surface area contributed by atoms with Crippen LogP contribution in [0.15, 0.2) is 54.6 Å². The van der Waals surface area contributed by atoms with Crippen LogP contribution in [-0.4, -0.2) is 29.8 Å². The van der Waals surface area contributed by atoms with Gasteiger partial charge in [-0.2, -0.15) is 0 Å². The van der Waals surface area contributed by atoms with E-state index in [0.29, 0.717) is 33.8 Å². The van der Waals surface area contributed by atoms with Gasteiger partial charge in [0.2, 0.25) is 0 Å². The molecule has 8 heteroatoms. The SMILES string of the molecule is COc1cc(Cl)c(C)cc1Nc1ccc(NC(=O)COc2ccccc2)nn1. The number of halogens is 1. The van der Waals surface area contributed by atoms with E-state index in [4.69, 9.17) is 21.1 Å². The third-order valence-corrected chi connectivity index (χ3v) is 4.20. The largest absolute Gasteiger partial charge is 0.495 e. The first-order valence-corrected chi connectivity index (χ1v) is 8.85. The van der Waals surface area contributed by atoms with Crippen LogP contribution in [0.2, 0.25) is 5.02 Å². The Hall–Kier alpha value is -3.32. The number of hydrogen-bond donors (Lipinski definition) is 2. The maximum atomic E-state index is 12.0. The summed E-state index contributed by atoms with van der Waals surface area (Å²) in [6.45, 7) is 1.78. The van der Waals surface area contributed by atoms with Crippen LogP contribution in [0.1, 0.15) is 5.56 Å². The summed E-state index contributed by atoms with van der Waals surface area (Å²) in [4.78, 5) is 12.0. The van der Waals surface area contributed by atoms with Crippen LogP contribution in [-0.2, 0) is 4.79 Å². The summed E-state index contributed by atoms with van der Waals surface area (Å²) in [5.41, 5.74) is 1.62. The molecule has 1 aromatic heterocycles. The highest BCUT2D eigenvalue weighted by Gasteiger charge is 2.09. The van der Waals surface area contributed by atoms with Crippen molar-refractivity contribution < 1.29 is 14.3 Å². The molecule has 3 rings (SSSR count). The number of ether oxygens (including phenoxy) is 2. The Bertz CT molecular complexity index is 950. The fourth-order valence-electron chi connectivity index (χ4n) is 2.38. The highest BCUT2D eigenvalue weighted by molar-refractivity contribution is 6.31. The van der Waals surface area contributed by atoms with Gasteiger partial charge in [0.05, 0.1) is 12.8 Å². The summed E-state index contributed by atoms with van der Waals surface area (Å²) in [5.74, 6) is 1.71. The molecule has 0 atom stereocenters. The van der Waals surface area contributed by atoms with Gasteiger partial charge in [0.1, 0.15) is 11.5 Å². The number of benzene rings is 2. The summed E-state index contributed by atoms with van der Waals surface area (Å²) in [6.07, 6.45) is 0. The van der Waals surface area contributed by atoms with Gasteiger partial charge in [-0.1, -0.05) is 29.8 Å². The monoisotopic (exact) mass is 398 g/mol. The Labute approximate surface area is 167 Å². The van der Waals surface area contributed by atoms with Crippen molar-refractivity contribution >= 4 is 34.8 Å². The number of carbonyl (C=O) groups excluding carboxylic acids is 1. The molecule has 0 aliphatic heterocycles. The number of rotatable bonds is 7. The van der Waals surface area contributed by atoms with E-state index in [9.17, 15) is 4.79 Å². The first-order chi connectivity index (χ1) is 13.5. The molecule has 0 aliphatic rings. The van der Waals surface area contributed by atoms with Crippen LogP contribution in [0.25, 0.3) is 0 Å². The molecule has 144 valence electrons. The molecule has 7 nitrogen and oxygen atoms in total. The summed E-state index contributed by atoms with van der Waals surface area (Å²) in [5, 5.41) is 14.4. The van der Waals surface area contributed by atoms with E-state index in [-0.39, 0.29) is 12.5 Å². The minimum Gasteiger partial charge on any atom is -0.495 e. The third kappa shape index (κ3) is 5.11. The number of methoxy groups -OCH3 is 1. The minimum atomic E-state index is -0.325. The lowest BCUT2D eigenvalue weighted by molar-refractivity contribution is -0.118. The van der Waals surface area contributed by atoms with Crippen LogP contribution in [0.3, 0.4) is 0 Å². The number of aryl methyl sites for hydroxylation is 1. The summed E-state index contributed by atoms with van der Waals surface area (Å²) >= 11 is 6.12. The fourth-order valence-corrected chi connectivity index (χ4v) is 2.53. The molecule has 2 N–H and O–H groups in total. The molecule has 28 heavy (non-hydrogen) atoms. The zero-order chi connectivity index (χ0) is 19.9.